The molecule has 0 aliphatic carbocycles. The topological polar surface area (TPSA) is 70.9 Å². The van der Waals surface area contributed by atoms with E-state index in [1.165, 1.54) is 12.4 Å². The third-order valence-electron chi connectivity index (χ3n) is 2.38. The van der Waals surface area contributed by atoms with Crippen LogP contribution in [0, 0.1) is 5.41 Å². The lowest BCUT2D eigenvalue weighted by molar-refractivity contribution is -0.306. The molecule has 0 aromatic carbocycles. The number of halogens is 4. The average Bonchev–Trinajstić information content (AvgIpc) is 2.43. The molecule has 9 heteroatoms. The van der Waals surface area contributed by atoms with Crippen LogP contribution in [-0.4, -0.2) is 29.1 Å². The Morgan fingerprint density at radius 2 is 2.18 bits per heavy atom. The average molecular weight is 335 g/mol. The highest BCUT2D eigenvalue weighted by molar-refractivity contribution is 6.32. The standard InChI is InChI=1S/C13H14ClF3N4O/c1-2-3-4-9(22-13(15,16)17)5-6-19-12-10(7-18)11(14)20-8-21-12/h2-3,5,7-8,18H,4,6H2,1H3,(H,19,20,21)/b3-2-,9-5+,18-7?. The lowest BCUT2D eigenvalue weighted by Gasteiger charge is -2.12. The lowest BCUT2D eigenvalue weighted by atomic mass is 10.3. The van der Waals surface area contributed by atoms with Gasteiger partial charge in [0.1, 0.15) is 23.1 Å². The summed E-state index contributed by atoms with van der Waals surface area (Å²) in [5.41, 5.74) is 0.254. The van der Waals surface area contributed by atoms with E-state index >= 15 is 0 Å². The molecule has 0 saturated heterocycles. The van der Waals surface area contributed by atoms with E-state index in [9.17, 15) is 13.2 Å². The van der Waals surface area contributed by atoms with Crippen LogP contribution in [0.15, 0.2) is 30.3 Å². The first kappa shape index (κ1) is 18.0. The van der Waals surface area contributed by atoms with Crippen LogP contribution in [0.4, 0.5) is 19.0 Å². The van der Waals surface area contributed by atoms with Crippen LogP contribution < -0.4 is 5.32 Å². The molecular weight excluding hydrogens is 321 g/mol. The molecule has 0 saturated carbocycles. The van der Waals surface area contributed by atoms with Crippen molar-refractivity contribution in [1.29, 1.82) is 5.41 Å². The van der Waals surface area contributed by atoms with E-state index < -0.39 is 6.36 Å². The fourth-order valence-electron chi connectivity index (χ4n) is 1.45. The molecule has 120 valence electrons. The predicted molar refractivity (Wildman–Crippen MR) is 78.1 cm³/mol. The van der Waals surface area contributed by atoms with Gasteiger partial charge in [0, 0.05) is 19.2 Å². The third-order valence-corrected chi connectivity index (χ3v) is 2.68. The Kier molecular flexibility index (Phi) is 6.84. The maximum atomic E-state index is 12.3. The number of aromatic nitrogens is 2. The zero-order valence-corrected chi connectivity index (χ0v) is 12.4. The molecule has 1 heterocycles. The first-order valence-electron chi connectivity index (χ1n) is 6.18. The van der Waals surface area contributed by atoms with Crippen molar-refractivity contribution in [1.82, 2.24) is 9.97 Å². The second kappa shape index (κ2) is 8.38. The SMILES string of the molecule is C/C=C\C/C(=C\CNc1ncnc(Cl)c1C=N)OC(F)(F)F. The summed E-state index contributed by atoms with van der Waals surface area (Å²) in [5.74, 6) is 0.0123. The van der Waals surface area contributed by atoms with Crippen molar-refractivity contribution in [2.75, 3.05) is 11.9 Å². The van der Waals surface area contributed by atoms with E-state index in [-0.39, 0.29) is 35.3 Å². The Morgan fingerprint density at radius 3 is 2.77 bits per heavy atom. The summed E-state index contributed by atoms with van der Waals surface area (Å²) in [4.78, 5) is 7.59. The van der Waals surface area contributed by atoms with Gasteiger partial charge in [-0.3, -0.25) is 0 Å². The largest absolute Gasteiger partial charge is 0.572 e. The predicted octanol–water partition coefficient (Wildman–Crippen LogP) is 3.93. The molecule has 0 fully saturated rings. The molecule has 0 aliphatic rings. The minimum Gasteiger partial charge on any atom is -0.410 e. The number of nitrogens with zero attached hydrogens (tertiary/aromatic N) is 2. The van der Waals surface area contributed by atoms with Gasteiger partial charge in [-0.1, -0.05) is 23.8 Å². The van der Waals surface area contributed by atoms with Gasteiger partial charge in [0.25, 0.3) is 0 Å². The van der Waals surface area contributed by atoms with Gasteiger partial charge in [-0.25, -0.2) is 9.97 Å². The van der Waals surface area contributed by atoms with Crippen molar-refractivity contribution >= 4 is 23.6 Å². The second-order valence-electron chi connectivity index (χ2n) is 3.94. The summed E-state index contributed by atoms with van der Waals surface area (Å²) >= 11 is 5.79. The summed E-state index contributed by atoms with van der Waals surface area (Å²) in [6.45, 7) is 1.72. The monoisotopic (exact) mass is 334 g/mol. The summed E-state index contributed by atoms with van der Waals surface area (Å²) < 4.78 is 40.8. The number of nitrogens with one attached hydrogen (secondary N) is 2. The van der Waals surface area contributed by atoms with Crippen LogP contribution >= 0.6 is 11.6 Å². The maximum absolute atomic E-state index is 12.3. The van der Waals surface area contributed by atoms with Crippen LogP contribution in [0.2, 0.25) is 5.15 Å². The number of allylic oxidation sites excluding steroid dienone is 2. The minimum absolute atomic E-state index is 0.0135. The van der Waals surface area contributed by atoms with Gasteiger partial charge in [-0.2, -0.15) is 0 Å². The Hall–Kier alpha value is -2.09. The minimum atomic E-state index is -4.74. The van der Waals surface area contributed by atoms with E-state index in [4.69, 9.17) is 17.0 Å². The first-order chi connectivity index (χ1) is 10.4. The van der Waals surface area contributed by atoms with E-state index in [0.717, 1.165) is 6.21 Å². The van der Waals surface area contributed by atoms with Crippen molar-refractivity contribution in [2.24, 2.45) is 0 Å². The fourth-order valence-corrected chi connectivity index (χ4v) is 1.64. The van der Waals surface area contributed by atoms with E-state index in [1.54, 1.807) is 19.1 Å². The van der Waals surface area contributed by atoms with Gasteiger partial charge in [0.15, 0.2) is 0 Å². The molecule has 1 aromatic heterocycles. The van der Waals surface area contributed by atoms with Gasteiger partial charge in [-0.05, 0) is 13.0 Å². The Bertz CT molecular complexity index is 573. The Labute approximate surface area is 130 Å². The van der Waals surface area contributed by atoms with Gasteiger partial charge in [0.2, 0.25) is 0 Å². The quantitative estimate of drug-likeness (QED) is 0.343. The summed E-state index contributed by atoms with van der Waals surface area (Å²) in [6, 6.07) is 0. The van der Waals surface area contributed by atoms with Crippen LogP contribution in [-0.2, 0) is 4.74 Å². The van der Waals surface area contributed by atoms with Crippen LogP contribution in [0.5, 0.6) is 0 Å². The highest BCUT2D eigenvalue weighted by atomic mass is 35.5. The molecule has 1 aromatic rings. The fraction of sp³-hybridized carbons (Fsp3) is 0.308. The highest BCUT2D eigenvalue weighted by Crippen LogP contribution is 2.23. The lowest BCUT2D eigenvalue weighted by Crippen LogP contribution is -2.14. The zero-order valence-electron chi connectivity index (χ0n) is 11.6. The molecule has 0 bridgehead atoms. The van der Waals surface area contributed by atoms with Gasteiger partial charge in [-0.15, -0.1) is 13.2 Å². The van der Waals surface area contributed by atoms with Gasteiger partial charge >= 0.3 is 6.36 Å². The Morgan fingerprint density at radius 1 is 1.45 bits per heavy atom. The molecule has 22 heavy (non-hydrogen) atoms. The summed E-state index contributed by atoms with van der Waals surface area (Å²) in [5, 5.41) is 10.1. The maximum Gasteiger partial charge on any atom is 0.572 e. The summed E-state index contributed by atoms with van der Waals surface area (Å²) in [7, 11) is 0. The molecule has 0 radical (unpaired) electrons. The van der Waals surface area contributed by atoms with Crippen LogP contribution in [0.25, 0.3) is 0 Å². The van der Waals surface area contributed by atoms with Crippen LogP contribution in [0.3, 0.4) is 0 Å². The molecular formula is C13H14ClF3N4O. The first-order valence-corrected chi connectivity index (χ1v) is 6.56. The molecule has 1 rings (SSSR count). The number of hydrogen-bond donors (Lipinski definition) is 2. The van der Waals surface area contributed by atoms with Gasteiger partial charge < -0.3 is 15.5 Å². The number of rotatable bonds is 7. The summed E-state index contributed by atoms with van der Waals surface area (Å²) in [6.07, 6.45) is 1.83. The number of hydrogen-bond acceptors (Lipinski definition) is 5. The van der Waals surface area contributed by atoms with Crippen LogP contribution in [0.1, 0.15) is 18.9 Å². The van der Waals surface area contributed by atoms with Crippen molar-refractivity contribution in [3.8, 4) is 0 Å². The van der Waals surface area contributed by atoms with E-state index in [2.05, 4.69) is 20.0 Å². The molecule has 2 N–H and O–H groups in total. The molecule has 0 aliphatic heterocycles. The molecule has 0 atom stereocenters. The highest BCUT2D eigenvalue weighted by Gasteiger charge is 2.31. The number of ether oxygens (including phenoxy) is 1. The number of anilines is 1. The third kappa shape index (κ3) is 6.13. The van der Waals surface area contributed by atoms with Crippen molar-refractivity contribution in [2.45, 2.75) is 19.7 Å². The van der Waals surface area contributed by atoms with E-state index in [1.807, 2.05) is 0 Å². The van der Waals surface area contributed by atoms with E-state index in [0.29, 0.717) is 0 Å². The van der Waals surface area contributed by atoms with Crippen molar-refractivity contribution in [3.63, 3.8) is 0 Å². The normalized spacial score (nSPS) is 12.5. The van der Waals surface area contributed by atoms with Crippen molar-refractivity contribution in [3.05, 3.63) is 41.0 Å². The molecule has 5 nitrogen and oxygen atoms in total. The van der Waals surface area contributed by atoms with Gasteiger partial charge in [0.05, 0.1) is 5.56 Å². The smallest absolute Gasteiger partial charge is 0.410 e. The zero-order chi connectivity index (χ0) is 16.6. The second-order valence-corrected chi connectivity index (χ2v) is 4.30. The molecule has 0 unspecified atom stereocenters. The Balaban J connectivity index is 2.79. The molecule has 0 spiro atoms. The van der Waals surface area contributed by atoms with Crippen molar-refractivity contribution < 1.29 is 17.9 Å². The molecule has 0 amide bonds. The number of alkyl halides is 3.